The SMILES string of the molecule is Cc1ccc(NC(=O)CCN)cc1NC(=O)C(C)(C)C.Cl. The molecule has 0 saturated carbocycles. The van der Waals surface area contributed by atoms with E-state index in [9.17, 15) is 9.59 Å². The van der Waals surface area contributed by atoms with Crippen molar-refractivity contribution in [2.75, 3.05) is 17.2 Å². The number of benzene rings is 1. The van der Waals surface area contributed by atoms with E-state index in [-0.39, 0.29) is 30.6 Å². The molecule has 0 saturated heterocycles. The number of amides is 2. The molecule has 0 aliphatic rings. The van der Waals surface area contributed by atoms with Crippen molar-refractivity contribution in [1.82, 2.24) is 0 Å². The second-order valence-electron chi connectivity index (χ2n) is 5.82. The largest absolute Gasteiger partial charge is 0.330 e. The van der Waals surface area contributed by atoms with Crippen molar-refractivity contribution in [3.63, 3.8) is 0 Å². The molecule has 1 aromatic carbocycles. The van der Waals surface area contributed by atoms with Crippen LogP contribution in [0.4, 0.5) is 11.4 Å². The molecule has 0 aliphatic carbocycles. The number of hydrogen-bond donors (Lipinski definition) is 3. The Morgan fingerprint density at radius 2 is 1.81 bits per heavy atom. The Morgan fingerprint density at radius 1 is 1.19 bits per heavy atom. The Hall–Kier alpha value is -1.59. The average Bonchev–Trinajstić information content (AvgIpc) is 2.32. The molecule has 0 bridgehead atoms. The minimum Gasteiger partial charge on any atom is -0.330 e. The van der Waals surface area contributed by atoms with E-state index in [1.807, 2.05) is 33.8 Å². The molecule has 1 rings (SSSR count). The van der Waals surface area contributed by atoms with Crippen molar-refractivity contribution < 1.29 is 9.59 Å². The molecule has 118 valence electrons. The number of carbonyl (C=O) groups is 2. The van der Waals surface area contributed by atoms with Gasteiger partial charge in [-0.3, -0.25) is 9.59 Å². The summed E-state index contributed by atoms with van der Waals surface area (Å²) in [6.07, 6.45) is 0.275. The maximum atomic E-state index is 12.0. The van der Waals surface area contributed by atoms with E-state index in [2.05, 4.69) is 10.6 Å². The smallest absolute Gasteiger partial charge is 0.229 e. The summed E-state index contributed by atoms with van der Waals surface area (Å²) < 4.78 is 0. The van der Waals surface area contributed by atoms with Gasteiger partial charge in [-0.15, -0.1) is 12.4 Å². The molecular weight excluding hydrogens is 290 g/mol. The van der Waals surface area contributed by atoms with E-state index < -0.39 is 5.41 Å². The second-order valence-corrected chi connectivity index (χ2v) is 5.82. The fourth-order valence-electron chi connectivity index (χ4n) is 1.50. The van der Waals surface area contributed by atoms with Gasteiger partial charge in [0.25, 0.3) is 0 Å². The lowest BCUT2D eigenvalue weighted by atomic mass is 9.95. The lowest BCUT2D eigenvalue weighted by Gasteiger charge is -2.19. The number of halogens is 1. The van der Waals surface area contributed by atoms with Gasteiger partial charge in [-0.25, -0.2) is 0 Å². The molecule has 0 heterocycles. The van der Waals surface area contributed by atoms with Crippen LogP contribution >= 0.6 is 12.4 Å². The van der Waals surface area contributed by atoms with E-state index in [0.29, 0.717) is 17.9 Å². The highest BCUT2D eigenvalue weighted by Crippen LogP contribution is 2.23. The van der Waals surface area contributed by atoms with Crippen molar-refractivity contribution in [2.24, 2.45) is 11.1 Å². The maximum Gasteiger partial charge on any atom is 0.229 e. The summed E-state index contributed by atoms with van der Waals surface area (Å²) >= 11 is 0. The standard InChI is InChI=1S/C15H23N3O2.ClH/c1-10-5-6-11(17-13(19)7-8-16)9-12(10)18-14(20)15(2,3)4;/h5-6,9H,7-8,16H2,1-4H3,(H,17,19)(H,18,20);1H. The van der Waals surface area contributed by atoms with Crippen LogP contribution in [-0.2, 0) is 9.59 Å². The fraction of sp³-hybridized carbons (Fsp3) is 0.467. The van der Waals surface area contributed by atoms with E-state index in [0.717, 1.165) is 5.56 Å². The molecule has 0 unspecified atom stereocenters. The second kappa shape index (κ2) is 8.00. The number of anilines is 2. The highest BCUT2D eigenvalue weighted by molar-refractivity contribution is 5.97. The van der Waals surface area contributed by atoms with E-state index in [4.69, 9.17) is 5.73 Å². The van der Waals surface area contributed by atoms with Gasteiger partial charge in [0.15, 0.2) is 0 Å². The maximum absolute atomic E-state index is 12.0. The van der Waals surface area contributed by atoms with Crippen molar-refractivity contribution in [1.29, 1.82) is 0 Å². The summed E-state index contributed by atoms with van der Waals surface area (Å²) in [5.41, 5.74) is 7.17. The van der Waals surface area contributed by atoms with Gasteiger partial charge in [0.1, 0.15) is 0 Å². The topological polar surface area (TPSA) is 84.2 Å². The van der Waals surface area contributed by atoms with Gasteiger partial charge in [-0.05, 0) is 24.6 Å². The van der Waals surface area contributed by atoms with Crippen molar-refractivity contribution in [3.8, 4) is 0 Å². The van der Waals surface area contributed by atoms with Gasteiger partial charge in [0.2, 0.25) is 11.8 Å². The summed E-state index contributed by atoms with van der Waals surface area (Å²) in [6.45, 7) is 7.77. The van der Waals surface area contributed by atoms with Crippen molar-refractivity contribution >= 4 is 35.6 Å². The van der Waals surface area contributed by atoms with Crippen LogP contribution in [0.3, 0.4) is 0 Å². The van der Waals surface area contributed by atoms with E-state index >= 15 is 0 Å². The highest BCUT2D eigenvalue weighted by Gasteiger charge is 2.21. The molecule has 0 aliphatic heterocycles. The minimum atomic E-state index is -0.467. The van der Waals surface area contributed by atoms with Crippen LogP contribution in [0.2, 0.25) is 0 Å². The van der Waals surface area contributed by atoms with Crippen molar-refractivity contribution in [2.45, 2.75) is 34.1 Å². The summed E-state index contributed by atoms with van der Waals surface area (Å²) in [5, 5.41) is 5.63. The molecule has 0 aromatic heterocycles. The molecule has 21 heavy (non-hydrogen) atoms. The zero-order valence-corrected chi connectivity index (χ0v) is 13.8. The fourth-order valence-corrected chi connectivity index (χ4v) is 1.50. The quantitative estimate of drug-likeness (QED) is 0.799. The van der Waals surface area contributed by atoms with Gasteiger partial charge in [-0.1, -0.05) is 26.8 Å². The van der Waals surface area contributed by atoms with Gasteiger partial charge in [-0.2, -0.15) is 0 Å². The van der Waals surface area contributed by atoms with Crippen LogP contribution < -0.4 is 16.4 Å². The third-order valence-corrected chi connectivity index (χ3v) is 2.82. The number of nitrogens with two attached hydrogens (primary N) is 1. The first-order valence-electron chi connectivity index (χ1n) is 6.66. The molecule has 2 amide bonds. The Labute approximate surface area is 132 Å². The molecule has 6 heteroatoms. The van der Waals surface area contributed by atoms with Crippen LogP contribution in [-0.4, -0.2) is 18.4 Å². The molecule has 4 N–H and O–H groups in total. The van der Waals surface area contributed by atoms with Gasteiger partial charge < -0.3 is 16.4 Å². The third kappa shape index (κ3) is 6.14. The van der Waals surface area contributed by atoms with Crippen LogP contribution in [0.1, 0.15) is 32.8 Å². The zero-order valence-electron chi connectivity index (χ0n) is 12.9. The van der Waals surface area contributed by atoms with Crippen LogP contribution in [0.25, 0.3) is 0 Å². The van der Waals surface area contributed by atoms with E-state index in [1.165, 1.54) is 0 Å². The van der Waals surface area contributed by atoms with Gasteiger partial charge in [0, 0.05) is 29.8 Å². The molecule has 5 nitrogen and oxygen atoms in total. The van der Waals surface area contributed by atoms with Crippen LogP contribution in [0.15, 0.2) is 18.2 Å². The summed E-state index contributed by atoms with van der Waals surface area (Å²) in [5.74, 6) is -0.199. The molecule has 0 radical (unpaired) electrons. The molecule has 0 fully saturated rings. The lowest BCUT2D eigenvalue weighted by Crippen LogP contribution is -2.28. The predicted octanol–water partition coefficient (Wildman–Crippen LogP) is 2.69. The Kier molecular flexibility index (Phi) is 7.39. The first-order chi connectivity index (χ1) is 9.24. The number of carbonyl (C=O) groups excluding carboxylic acids is 2. The van der Waals surface area contributed by atoms with Crippen LogP contribution in [0, 0.1) is 12.3 Å². The minimum absolute atomic E-state index is 0. The highest BCUT2D eigenvalue weighted by atomic mass is 35.5. The molecule has 0 spiro atoms. The predicted molar refractivity (Wildman–Crippen MR) is 88.8 cm³/mol. The number of rotatable bonds is 4. The monoisotopic (exact) mass is 313 g/mol. The summed E-state index contributed by atoms with van der Waals surface area (Å²) in [7, 11) is 0. The van der Waals surface area contributed by atoms with E-state index in [1.54, 1.807) is 12.1 Å². The number of hydrogen-bond acceptors (Lipinski definition) is 3. The zero-order chi connectivity index (χ0) is 15.3. The Balaban J connectivity index is 0.00000400. The molecular formula is C15H24ClN3O2. The third-order valence-electron chi connectivity index (χ3n) is 2.82. The van der Waals surface area contributed by atoms with Crippen molar-refractivity contribution in [3.05, 3.63) is 23.8 Å². The average molecular weight is 314 g/mol. The lowest BCUT2D eigenvalue weighted by molar-refractivity contribution is -0.123. The Morgan fingerprint density at radius 3 is 2.33 bits per heavy atom. The number of nitrogens with one attached hydrogen (secondary N) is 2. The van der Waals surface area contributed by atoms with Crippen LogP contribution in [0.5, 0.6) is 0 Å². The number of aryl methyl sites for hydroxylation is 1. The summed E-state index contributed by atoms with van der Waals surface area (Å²) in [4.78, 5) is 23.5. The molecule has 1 aromatic rings. The summed E-state index contributed by atoms with van der Waals surface area (Å²) in [6, 6.07) is 5.42. The normalized spacial score (nSPS) is 10.5. The molecule has 0 atom stereocenters. The van der Waals surface area contributed by atoms with Gasteiger partial charge >= 0.3 is 0 Å². The van der Waals surface area contributed by atoms with Gasteiger partial charge in [0.05, 0.1) is 0 Å². The Bertz CT molecular complexity index is 510. The first kappa shape index (κ1) is 19.4. The first-order valence-corrected chi connectivity index (χ1v) is 6.66.